The molecule has 1 aromatic heterocycles. The maximum absolute atomic E-state index is 12.6. The van der Waals surface area contributed by atoms with Crippen LogP contribution in [0.15, 0.2) is 10.5 Å². The molecule has 0 saturated heterocycles. The number of hydrogen-bond acceptors (Lipinski definition) is 1. The summed E-state index contributed by atoms with van der Waals surface area (Å²) in [5, 5.41) is 0. The van der Waals surface area contributed by atoms with Gasteiger partial charge in [0.1, 0.15) is 0 Å². The van der Waals surface area contributed by atoms with Crippen LogP contribution in [0, 0.1) is 5.95 Å². The van der Waals surface area contributed by atoms with Gasteiger partial charge in [-0.25, -0.2) is 13.8 Å². The van der Waals surface area contributed by atoms with E-state index >= 15 is 0 Å². The topological polar surface area (TPSA) is 12.9 Å². The van der Waals surface area contributed by atoms with Gasteiger partial charge in [0.05, 0.1) is 11.6 Å². The maximum Gasteiger partial charge on any atom is 0.265 e. The van der Waals surface area contributed by atoms with E-state index in [9.17, 15) is 13.2 Å². The fourth-order valence-electron chi connectivity index (χ4n) is 0.816. The molecule has 1 nitrogen and oxygen atoms in total. The number of rotatable bonds is 2. The molecule has 0 aromatic carbocycles. The Balaban J connectivity index is 3.27. The van der Waals surface area contributed by atoms with E-state index in [0.717, 1.165) is 0 Å². The lowest BCUT2D eigenvalue weighted by molar-refractivity contribution is 0.149. The molecule has 0 aliphatic rings. The van der Waals surface area contributed by atoms with Crippen molar-refractivity contribution < 1.29 is 13.2 Å². The van der Waals surface area contributed by atoms with Crippen molar-refractivity contribution in [3.63, 3.8) is 0 Å². The molecule has 0 amide bonds. The molecule has 0 aliphatic carbocycles. The van der Waals surface area contributed by atoms with Crippen molar-refractivity contribution in [3.05, 3.63) is 27.7 Å². The number of aromatic nitrogens is 1. The summed E-state index contributed by atoms with van der Waals surface area (Å²) in [6.07, 6.45) is -2.74. The minimum atomic E-state index is -2.74. The lowest BCUT2D eigenvalue weighted by Gasteiger charge is -2.06. The zero-order chi connectivity index (χ0) is 10.0. The van der Waals surface area contributed by atoms with Crippen LogP contribution in [-0.4, -0.2) is 4.98 Å². The van der Waals surface area contributed by atoms with Crippen LogP contribution in [0.2, 0.25) is 0 Å². The zero-order valence-corrected chi connectivity index (χ0v) is 8.54. The van der Waals surface area contributed by atoms with E-state index in [-0.39, 0.29) is 16.0 Å². The molecule has 72 valence electrons. The second kappa shape index (κ2) is 4.28. The van der Waals surface area contributed by atoms with Crippen molar-refractivity contribution in [3.8, 4) is 0 Å². The third kappa shape index (κ3) is 2.34. The van der Waals surface area contributed by atoms with Crippen LogP contribution in [0.5, 0.6) is 0 Å². The molecular weight excluding hydrogens is 270 g/mol. The Kier molecular flexibility index (Phi) is 3.55. The number of halogens is 5. The molecule has 0 atom stereocenters. The van der Waals surface area contributed by atoms with Gasteiger partial charge in [0, 0.05) is 16.1 Å². The highest BCUT2D eigenvalue weighted by molar-refractivity contribution is 9.10. The smallest absolute Gasteiger partial charge is 0.222 e. The minimum absolute atomic E-state index is 0.0684. The average molecular weight is 274 g/mol. The van der Waals surface area contributed by atoms with Crippen molar-refractivity contribution in [1.29, 1.82) is 0 Å². The summed E-state index contributed by atoms with van der Waals surface area (Å²) < 4.78 is 37.2. The summed E-state index contributed by atoms with van der Waals surface area (Å²) in [4.78, 5) is 3.36. The Labute approximate surface area is 86.0 Å². The molecule has 13 heavy (non-hydrogen) atoms. The lowest BCUT2D eigenvalue weighted by atomic mass is 10.2. The second-order valence-corrected chi connectivity index (χ2v) is 3.29. The number of alkyl halides is 3. The Morgan fingerprint density at radius 1 is 1.54 bits per heavy atom. The van der Waals surface area contributed by atoms with E-state index in [2.05, 4.69) is 20.9 Å². The molecule has 0 saturated carbocycles. The fourth-order valence-corrected chi connectivity index (χ4v) is 1.69. The molecule has 0 bridgehead atoms. The van der Waals surface area contributed by atoms with E-state index in [4.69, 9.17) is 11.6 Å². The van der Waals surface area contributed by atoms with Crippen LogP contribution in [0.4, 0.5) is 13.2 Å². The van der Waals surface area contributed by atoms with E-state index < -0.39 is 17.9 Å². The van der Waals surface area contributed by atoms with Crippen LogP contribution in [0.1, 0.15) is 17.7 Å². The average Bonchev–Trinajstić information content (AvgIpc) is 2.08. The van der Waals surface area contributed by atoms with Crippen molar-refractivity contribution in [1.82, 2.24) is 4.98 Å². The summed E-state index contributed by atoms with van der Waals surface area (Å²) in [6.45, 7) is 0. The lowest BCUT2D eigenvalue weighted by Crippen LogP contribution is -1.98. The third-order valence-corrected chi connectivity index (χ3v) is 2.55. The summed E-state index contributed by atoms with van der Waals surface area (Å²) in [5.74, 6) is -1.06. The number of pyridine rings is 1. The van der Waals surface area contributed by atoms with Gasteiger partial charge in [-0.1, -0.05) is 0 Å². The quantitative estimate of drug-likeness (QED) is 0.592. The van der Waals surface area contributed by atoms with Gasteiger partial charge >= 0.3 is 0 Å². The van der Waals surface area contributed by atoms with Crippen LogP contribution < -0.4 is 0 Å². The molecule has 0 radical (unpaired) electrons. The van der Waals surface area contributed by atoms with Crippen molar-refractivity contribution in [2.75, 3.05) is 0 Å². The van der Waals surface area contributed by atoms with Gasteiger partial charge in [-0.05, 0) is 15.9 Å². The molecule has 6 heteroatoms. The van der Waals surface area contributed by atoms with Crippen LogP contribution >= 0.6 is 27.5 Å². The first-order valence-electron chi connectivity index (χ1n) is 3.25. The predicted octanol–water partition coefficient (Wildman–Crippen LogP) is 3.66. The summed E-state index contributed by atoms with van der Waals surface area (Å²) in [6, 6.07) is 0.685. The first kappa shape index (κ1) is 10.8. The SMILES string of the molecule is Fc1cc(C(F)F)c(Br)c(CCl)n1. The highest BCUT2D eigenvalue weighted by Crippen LogP contribution is 2.30. The Morgan fingerprint density at radius 3 is 2.62 bits per heavy atom. The van der Waals surface area contributed by atoms with Gasteiger partial charge in [-0.15, -0.1) is 11.6 Å². The molecule has 0 unspecified atom stereocenters. The summed E-state index contributed by atoms with van der Waals surface area (Å²) >= 11 is 8.26. The molecular formula is C7H4BrClF3N. The second-order valence-electron chi connectivity index (χ2n) is 2.23. The Bertz CT molecular complexity index is 319. The van der Waals surface area contributed by atoms with E-state index in [1.54, 1.807) is 0 Å². The normalized spacial score (nSPS) is 10.9. The van der Waals surface area contributed by atoms with Gasteiger partial charge in [0.2, 0.25) is 5.95 Å². The number of hydrogen-bond donors (Lipinski definition) is 0. The van der Waals surface area contributed by atoms with Crippen LogP contribution in [0.25, 0.3) is 0 Å². The monoisotopic (exact) mass is 273 g/mol. The first-order valence-corrected chi connectivity index (χ1v) is 4.58. The van der Waals surface area contributed by atoms with Crippen LogP contribution in [-0.2, 0) is 5.88 Å². The Morgan fingerprint density at radius 2 is 2.15 bits per heavy atom. The standard InChI is InChI=1S/C7H4BrClF3N/c8-6-3(7(11)12)1-5(10)13-4(6)2-9/h1,7H,2H2. The van der Waals surface area contributed by atoms with E-state index in [1.807, 2.05) is 0 Å². The molecule has 0 N–H and O–H groups in total. The minimum Gasteiger partial charge on any atom is -0.222 e. The van der Waals surface area contributed by atoms with E-state index in [1.165, 1.54) is 0 Å². The van der Waals surface area contributed by atoms with E-state index in [0.29, 0.717) is 6.07 Å². The first-order chi connectivity index (χ1) is 6.06. The van der Waals surface area contributed by atoms with Crippen molar-refractivity contribution >= 4 is 27.5 Å². The summed E-state index contributed by atoms with van der Waals surface area (Å²) in [7, 11) is 0. The van der Waals surface area contributed by atoms with Gasteiger partial charge in [-0.2, -0.15) is 4.39 Å². The summed E-state index contributed by atoms with van der Waals surface area (Å²) in [5.41, 5.74) is -0.347. The Hall–Kier alpha value is -0.290. The van der Waals surface area contributed by atoms with Gasteiger partial charge in [0.25, 0.3) is 6.43 Å². The molecule has 1 rings (SSSR count). The third-order valence-electron chi connectivity index (χ3n) is 1.38. The van der Waals surface area contributed by atoms with Gasteiger partial charge in [-0.3, -0.25) is 0 Å². The largest absolute Gasteiger partial charge is 0.265 e. The fraction of sp³-hybridized carbons (Fsp3) is 0.286. The van der Waals surface area contributed by atoms with Gasteiger partial charge < -0.3 is 0 Å². The highest BCUT2D eigenvalue weighted by Gasteiger charge is 2.16. The van der Waals surface area contributed by atoms with Crippen LogP contribution in [0.3, 0.4) is 0 Å². The zero-order valence-electron chi connectivity index (χ0n) is 6.20. The van der Waals surface area contributed by atoms with Crippen molar-refractivity contribution in [2.45, 2.75) is 12.3 Å². The molecule has 0 aliphatic heterocycles. The molecule has 0 fully saturated rings. The molecule has 1 heterocycles. The number of nitrogens with zero attached hydrogens (tertiary/aromatic N) is 1. The van der Waals surface area contributed by atoms with Gasteiger partial charge in [0.15, 0.2) is 0 Å². The van der Waals surface area contributed by atoms with Crippen molar-refractivity contribution in [2.24, 2.45) is 0 Å². The molecule has 0 spiro atoms. The highest BCUT2D eigenvalue weighted by atomic mass is 79.9. The maximum atomic E-state index is 12.6. The molecule has 1 aromatic rings. The predicted molar refractivity (Wildman–Crippen MR) is 46.4 cm³/mol.